The number of carbonyl (C=O) groups is 1. The number of nitrogens with two attached hydrogens (primary N) is 1. The fourth-order valence-electron chi connectivity index (χ4n) is 2.37. The Labute approximate surface area is 122 Å². The summed E-state index contributed by atoms with van der Waals surface area (Å²) in [6, 6.07) is 0. The molecule has 1 rings (SSSR count). The highest BCUT2D eigenvalue weighted by Gasteiger charge is 2.18. The first-order valence-corrected chi connectivity index (χ1v) is 7.05. The number of hydrogen-bond acceptors (Lipinski definition) is 4. The summed E-state index contributed by atoms with van der Waals surface area (Å²) in [4.78, 5) is 11.7. The van der Waals surface area contributed by atoms with Gasteiger partial charge in [0.2, 0.25) is 0 Å². The Morgan fingerprint density at radius 2 is 2.21 bits per heavy atom. The number of carbonyl (C=O) groups excluding carboxylic acids is 1. The van der Waals surface area contributed by atoms with Gasteiger partial charge in [-0.25, -0.2) is 0 Å². The second-order valence-electron chi connectivity index (χ2n) is 5.70. The van der Waals surface area contributed by atoms with Crippen LogP contribution >= 0.6 is 12.4 Å². The van der Waals surface area contributed by atoms with Crippen molar-refractivity contribution < 1.29 is 14.3 Å². The molecule has 1 aliphatic rings. The summed E-state index contributed by atoms with van der Waals surface area (Å²) in [5.41, 5.74) is 5.68. The Morgan fingerprint density at radius 1 is 1.47 bits per heavy atom. The van der Waals surface area contributed by atoms with Crippen LogP contribution < -0.4 is 5.73 Å². The molecule has 0 aliphatic carbocycles. The Kier molecular flexibility index (Phi) is 10.3. The lowest BCUT2D eigenvalue weighted by atomic mass is 9.94. The molecule has 1 heterocycles. The van der Waals surface area contributed by atoms with E-state index in [1.165, 1.54) is 0 Å². The minimum atomic E-state index is -0.114. The lowest BCUT2D eigenvalue weighted by Gasteiger charge is -2.22. The first-order chi connectivity index (χ1) is 8.61. The van der Waals surface area contributed by atoms with Crippen molar-refractivity contribution in [3.63, 3.8) is 0 Å². The molecule has 0 spiro atoms. The minimum Gasteiger partial charge on any atom is -0.465 e. The molecule has 4 nitrogen and oxygen atoms in total. The third-order valence-corrected chi connectivity index (χ3v) is 3.33. The number of rotatable bonds is 7. The fourth-order valence-corrected chi connectivity index (χ4v) is 2.37. The Morgan fingerprint density at radius 3 is 2.74 bits per heavy atom. The van der Waals surface area contributed by atoms with Crippen molar-refractivity contribution in [1.82, 2.24) is 0 Å². The largest absolute Gasteiger partial charge is 0.465 e. The van der Waals surface area contributed by atoms with Gasteiger partial charge in [-0.15, -0.1) is 12.4 Å². The normalized spacial score (nSPS) is 20.7. The molecular weight excluding hydrogens is 266 g/mol. The average Bonchev–Trinajstić information content (AvgIpc) is 2.36. The lowest BCUT2D eigenvalue weighted by Crippen LogP contribution is -2.25. The zero-order chi connectivity index (χ0) is 13.4. The molecule has 114 valence electrons. The summed E-state index contributed by atoms with van der Waals surface area (Å²) in [6.45, 7) is 6.91. The topological polar surface area (TPSA) is 61.6 Å². The van der Waals surface area contributed by atoms with Crippen LogP contribution in [0.2, 0.25) is 0 Å². The zero-order valence-electron chi connectivity index (χ0n) is 12.1. The summed E-state index contributed by atoms with van der Waals surface area (Å²) < 4.78 is 10.7. The SMILES string of the molecule is CC(C)C[C@H](CN)CC(=O)OCC1CCCOC1.Cl. The maximum absolute atomic E-state index is 11.7. The van der Waals surface area contributed by atoms with Crippen LogP contribution in [0.4, 0.5) is 0 Å². The number of hydrogen-bond donors (Lipinski definition) is 1. The van der Waals surface area contributed by atoms with E-state index in [0.29, 0.717) is 31.4 Å². The van der Waals surface area contributed by atoms with Gasteiger partial charge < -0.3 is 15.2 Å². The van der Waals surface area contributed by atoms with Gasteiger partial charge in [0.05, 0.1) is 13.2 Å². The van der Waals surface area contributed by atoms with Crippen LogP contribution in [0.25, 0.3) is 0 Å². The summed E-state index contributed by atoms with van der Waals surface area (Å²) in [6.07, 6.45) is 3.60. The third-order valence-electron chi connectivity index (χ3n) is 3.33. The maximum Gasteiger partial charge on any atom is 0.306 e. The molecule has 2 atom stereocenters. The van der Waals surface area contributed by atoms with Gasteiger partial charge in [0, 0.05) is 18.9 Å². The molecule has 0 aromatic carbocycles. The van der Waals surface area contributed by atoms with Crippen LogP contribution in [0.15, 0.2) is 0 Å². The van der Waals surface area contributed by atoms with Crippen LogP contribution in [-0.2, 0) is 14.3 Å². The minimum absolute atomic E-state index is 0. The van der Waals surface area contributed by atoms with Crippen molar-refractivity contribution in [2.24, 2.45) is 23.5 Å². The Hall–Kier alpha value is -0.320. The van der Waals surface area contributed by atoms with E-state index in [1.54, 1.807) is 0 Å². The van der Waals surface area contributed by atoms with Gasteiger partial charge in [0.15, 0.2) is 0 Å². The molecule has 1 aliphatic heterocycles. The predicted molar refractivity (Wildman–Crippen MR) is 78.4 cm³/mol. The van der Waals surface area contributed by atoms with Gasteiger partial charge in [-0.1, -0.05) is 13.8 Å². The molecule has 0 aromatic rings. The van der Waals surface area contributed by atoms with Crippen LogP contribution in [0, 0.1) is 17.8 Å². The van der Waals surface area contributed by atoms with Crippen LogP contribution in [0.3, 0.4) is 0 Å². The van der Waals surface area contributed by atoms with Gasteiger partial charge in [0.1, 0.15) is 0 Å². The Balaban J connectivity index is 0.00000324. The first-order valence-electron chi connectivity index (χ1n) is 7.05. The highest BCUT2D eigenvalue weighted by atomic mass is 35.5. The highest BCUT2D eigenvalue weighted by Crippen LogP contribution is 2.17. The molecule has 1 unspecified atom stereocenters. The van der Waals surface area contributed by atoms with Gasteiger partial charge in [-0.3, -0.25) is 4.79 Å². The van der Waals surface area contributed by atoms with Crippen LogP contribution in [-0.4, -0.2) is 32.3 Å². The van der Waals surface area contributed by atoms with Crippen molar-refractivity contribution >= 4 is 18.4 Å². The average molecular weight is 294 g/mol. The molecule has 19 heavy (non-hydrogen) atoms. The van der Waals surface area contributed by atoms with E-state index in [2.05, 4.69) is 13.8 Å². The van der Waals surface area contributed by atoms with Crippen LogP contribution in [0.1, 0.15) is 39.5 Å². The van der Waals surface area contributed by atoms with Crippen molar-refractivity contribution in [3.05, 3.63) is 0 Å². The van der Waals surface area contributed by atoms with Gasteiger partial charge >= 0.3 is 5.97 Å². The van der Waals surface area contributed by atoms with Crippen LogP contribution in [0.5, 0.6) is 0 Å². The second kappa shape index (κ2) is 10.5. The van der Waals surface area contributed by atoms with Gasteiger partial charge in [-0.05, 0) is 37.6 Å². The molecule has 5 heteroatoms. The smallest absolute Gasteiger partial charge is 0.306 e. The summed E-state index contributed by atoms with van der Waals surface area (Å²) >= 11 is 0. The number of ether oxygens (including phenoxy) is 2. The second-order valence-corrected chi connectivity index (χ2v) is 5.70. The van der Waals surface area contributed by atoms with E-state index in [1.807, 2.05) is 0 Å². The molecule has 1 saturated heterocycles. The monoisotopic (exact) mass is 293 g/mol. The van der Waals surface area contributed by atoms with E-state index in [-0.39, 0.29) is 24.3 Å². The summed E-state index contributed by atoms with van der Waals surface area (Å²) in [7, 11) is 0. The van der Waals surface area contributed by atoms with Crippen molar-refractivity contribution in [1.29, 1.82) is 0 Å². The van der Waals surface area contributed by atoms with E-state index in [0.717, 1.165) is 32.5 Å². The number of halogens is 1. The van der Waals surface area contributed by atoms with E-state index < -0.39 is 0 Å². The van der Waals surface area contributed by atoms with E-state index >= 15 is 0 Å². The van der Waals surface area contributed by atoms with E-state index in [4.69, 9.17) is 15.2 Å². The standard InChI is InChI=1S/C14H27NO3.ClH/c1-11(2)6-13(8-15)7-14(16)18-10-12-4-3-5-17-9-12;/h11-13H,3-10,15H2,1-2H3;1H/t12?,13-;/m0./s1. The molecule has 0 amide bonds. The first kappa shape index (κ1) is 18.7. The highest BCUT2D eigenvalue weighted by molar-refractivity contribution is 5.85. The van der Waals surface area contributed by atoms with E-state index in [9.17, 15) is 4.79 Å². The Bertz CT molecular complexity index is 243. The number of esters is 1. The summed E-state index contributed by atoms with van der Waals surface area (Å²) in [5, 5.41) is 0. The van der Waals surface area contributed by atoms with Gasteiger partial charge in [0.25, 0.3) is 0 Å². The van der Waals surface area contributed by atoms with Crippen molar-refractivity contribution in [3.8, 4) is 0 Å². The fraction of sp³-hybridized carbons (Fsp3) is 0.929. The van der Waals surface area contributed by atoms with Gasteiger partial charge in [-0.2, -0.15) is 0 Å². The van der Waals surface area contributed by atoms with Crippen molar-refractivity contribution in [2.45, 2.75) is 39.5 Å². The molecule has 0 bridgehead atoms. The molecule has 0 radical (unpaired) electrons. The summed E-state index contributed by atoms with van der Waals surface area (Å²) in [5.74, 6) is 1.08. The van der Waals surface area contributed by atoms with Crippen molar-refractivity contribution in [2.75, 3.05) is 26.4 Å². The lowest BCUT2D eigenvalue weighted by molar-refractivity contribution is -0.147. The molecular formula is C14H28ClNO3. The molecule has 2 N–H and O–H groups in total. The molecule has 0 saturated carbocycles. The zero-order valence-corrected chi connectivity index (χ0v) is 12.9. The maximum atomic E-state index is 11.7. The molecule has 1 fully saturated rings. The third kappa shape index (κ3) is 8.45. The quantitative estimate of drug-likeness (QED) is 0.732. The predicted octanol–water partition coefficient (Wildman–Crippen LogP) is 2.39. The molecule has 0 aromatic heterocycles.